The molecule has 0 atom stereocenters. The lowest BCUT2D eigenvalue weighted by atomic mass is 10.1. The van der Waals surface area contributed by atoms with Crippen molar-refractivity contribution < 1.29 is 19.0 Å². The lowest BCUT2D eigenvalue weighted by molar-refractivity contribution is 0.0961. The first-order chi connectivity index (χ1) is 12.7. The quantitative estimate of drug-likeness (QED) is 0.656. The molecule has 3 rings (SSSR count). The molecule has 0 bridgehead atoms. The van der Waals surface area contributed by atoms with Crippen LogP contribution in [0.25, 0.3) is 10.9 Å². The molecule has 8 nitrogen and oxygen atoms in total. The standard InChI is InChI=1S/C18H18N4O4/c1-24-14-8-11(9-15(25-2)16(14)26-3)18(23)22-21-17-12-6-4-5-7-13(12)19-10-20-17/h4-10H,1-3H3,(H,22,23)(H,19,20,21). The molecule has 0 saturated carbocycles. The number of amides is 1. The summed E-state index contributed by atoms with van der Waals surface area (Å²) in [6, 6.07) is 10.6. The third-order valence-electron chi connectivity index (χ3n) is 3.76. The van der Waals surface area contributed by atoms with Crippen LogP contribution in [0.15, 0.2) is 42.7 Å². The van der Waals surface area contributed by atoms with E-state index in [2.05, 4.69) is 20.8 Å². The molecular formula is C18H18N4O4. The van der Waals surface area contributed by atoms with Crippen LogP contribution in [0, 0.1) is 0 Å². The Bertz CT molecular complexity index is 915. The van der Waals surface area contributed by atoms with Crippen LogP contribution in [-0.2, 0) is 0 Å². The zero-order valence-electron chi connectivity index (χ0n) is 14.6. The van der Waals surface area contributed by atoms with Crippen molar-refractivity contribution in [1.29, 1.82) is 0 Å². The number of hydrogen-bond acceptors (Lipinski definition) is 7. The zero-order chi connectivity index (χ0) is 18.5. The van der Waals surface area contributed by atoms with Crippen LogP contribution in [0.1, 0.15) is 10.4 Å². The fourth-order valence-corrected chi connectivity index (χ4v) is 2.50. The number of benzene rings is 2. The predicted molar refractivity (Wildman–Crippen MR) is 96.7 cm³/mol. The smallest absolute Gasteiger partial charge is 0.269 e. The van der Waals surface area contributed by atoms with Crippen molar-refractivity contribution in [1.82, 2.24) is 15.4 Å². The summed E-state index contributed by atoms with van der Waals surface area (Å²) in [5.41, 5.74) is 6.55. The van der Waals surface area contributed by atoms with Crippen molar-refractivity contribution >= 4 is 22.6 Å². The van der Waals surface area contributed by atoms with Crippen LogP contribution in [0.5, 0.6) is 17.2 Å². The average Bonchev–Trinajstić information content (AvgIpc) is 2.70. The van der Waals surface area contributed by atoms with E-state index in [9.17, 15) is 4.79 Å². The number of anilines is 1. The predicted octanol–water partition coefficient (Wildman–Crippen LogP) is 2.41. The van der Waals surface area contributed by atoms with E-state index in [0.717, 1.165) is 10.9 Å². The van der Waals surface area contributed by atoms with Gasteiger partial charge in [0.1, 0.15) is 6.33 Å². The highest BCUT2D eigenvalue weighted by Gasteiger charge is 2.17. The van der Waals surface area contributed by atoms with E-state index >= 15 is 0 Å². The van der Waals surface area contributed by atoms with Crippen molar-refractivity contribution in [3.05, 3.63) is 48.3 Å². The van der Waals surface area contributed by atoms with Gasteiger partial charge < -0.3 is 14.2 Å². The Morgan fingerprint density at radius 1 is 0.962 bits per heavy atom. The lowest BCUT2D eigenvalue weighted by Crippen LogP contribution is -2.30. The third-order valence-corrected chi connectivity index (χ3v) is 3.76. The number of carbonyl (C=O) groups excluding carboxylic acids is 1. The molecule has 26 heavy (non-hydrogen) atoms. The molecule has 1 aromatic heterocycles. The number of hydrazine groups is 1. The van der Waals surface area contributed by atoms with E-state index in [-0.39, 0.29) is 5.91 Å². The van der Waals surface area contributed by atoms with Crippen molar-refractivity contribution in [3.63, 3.8) is 0 Å². The summed E-state index contributed by atoms with van der Waals surface area (Å²) in [7, 11) is 4.48. The number of hydrogen-bond donors (Lipinski definition) is 2. The Morgan fingerprint density at radius 2 is 1.65 bits per heavy atom. The topological polar surface area (TPSA) is 94.6 Å². The highest BCUT2D eigenvalue weighted by molar-refractivity contribution is 5.97. The van der Waals surface area contributed by atoms with Gasteiger partial charge in [-0.3, -0.25) is 15.6 Å². The molecule has 0 unspecified atom stereocenters. The Morgan fingerprint density at radius 3 is 2.31 bits per heavy atom. The van der Waals surface area contributed by atoms with Gasteiger partial charge in [-0.15, -0.1) is 0 Å². The van der Waals surface area contributed by atoms with Gasteiger partial charge in [-0.1, -0.05) is 12.1 Å². The average molecular weight is 354 g/mol. The van der Waals surface area contributed by atoms with Crippen LogP contribution in [0.2, 0.25) is 0 Å². The molecule has 2 aromatic carbocycles. The van der Waals surface area contributed by atoms with E-state index in [1.807, 2.05) is 24.3 Å². The second-order valence-electron chi connectivity index (χ2n) is 5.23. The molecule has 0 saturated heterocycles. The summed E-state index contributed by atoms with van der Waals surface area (Å²) in [6.07, 6.45) is 1.43. The minimum Gasteiger partial charge on any atom is -0.493 e. The molecule has 0 radical (unpaired) electrons. The van der Waals surface area contributed by atoms with E-state index in [4.69, 9.17) is 14.2 Å². The summed E-state index contributed by atoms with van der Waals surface area (Å²) >= 11 is 0. The number of aromatic nitrogens is 2. The summed E-state index contributed by atoms with van der Waals surface area (Å²) in [6.45, 7) is 0. The Labute approximate surface area is 150 Å². The van der Waals surface area contributed by atoms with Crippen LogP contribution in [0.4, 0.5) is 5.82 Å². The number of nitrogens with one attached hydrogen (secondary N) is 2. The Balaban J connectivity index is 1.84. The van der Waals surface area contributed by atoms with E-state index in [1.165, 1.54) is 27.7 Å². The molecule has 2 N–H and O–H groups in total. The fraction of sp³-hybridized carbons (Fsp3) is 0.167. The highest BCUT2D eigenvalue weighted by Crippen LogP contribution is 2.38. The number of carbonyl (C=O) groups is 1. The second kappa shape index (κ2) is 7.56. The van der Waals surface area contributed by atoms with Gasteiger partial charge in [0, 0.05) is 10.9 Å². The van der Waals surface area contributed by atoms with E-state index in [1.54, 1.807) is 12.1 Å². The SMILES string of the molecule is COc1cc(C(=O)NNc2ncnc3ccccc23)cc(OC)c1OC. The number of rotatable bonds is 6. The van der Waals surface area contributed by atoms with E-state index in [0.29, 0.717) is 28.6 Å². The number of ether oxygens (including phenoxy) is 3. The van der Waals surface area contributed by atoms with Gasteiger partial charge >= 0.3 is 0 Å². The molecule has 1 amide bonds. The molecule has 0 aliphatic rings. The normalized spacial score (nSPS) is 10.3. The van der Waals surface area contributed by atoms with Gasteiger partial charge in [-0.05, 0) is 24.3 Å². The molecule has 8 heteroatoms. The number of methoxy groups -OCH3 is 3. The number of para-hydroxylation sites is 1. The summed E-state index contributed by atoms with van der Waals surface area (Å²) in [5, 5.41) is 0.792. The van der Waals surface area contributed by atoms with Crippen molar-refractivity contribution in [2.24, 2.45) is 0 Å². The summed E-state index contributed by atoms with van der Waals surface area (Å²) in [4.78, 5) is 20.9. The first-order valence-corrected chi connectivity index (χ1v) is 7.74. The van der Waals surface area contributed by atoms with Gasteiger partial charge in [0.2, 0.25) is 5.75 Å². The largest absolute Gasteiger partial charge is 0.493 e. The van der Waals surface area contributed by atoms with Crippen molar-refractivity contribution in [2.75, 3.05) is 26.8 Å². The fourth-order valence-electron chi connectivity index (χ4n) is 2.50. The molecule has 0 aliphatic heterocycles. The van der Waals surface area contributed by atoms with Crippen molar-refractivity contribution in [2.45, 2.75) is 0 Å². The first kappa shape index (κ1) is 17.3. The number of nitrogens with zero attached hydrogens (tertiary/aromatic N) is 2. The zero-order valence-corrected chi connectivity index (χ0v) is 14.6. The van der Waals surface area contributed by atoms with Gasteiger partial charge in [-0.2, -0.15) is 0 Å². The van der Waals surface area contributed by atoms with Gasteiger partial charge in [-0.25, -0.2) is 9.97 Å². The van der Waals surface area contributed by atoms with Gasteiger partial charge in [0.05, 0.1) is 26.8 Å². The van der Waals surface area contributed by atoms with Gasteiger partial charge in [0.25, 0.3) is 5.91 Å². The maximum absolute atomic E-state index is 12.5. The van der Waals surface area contributed by atoms with Crippen LogP contribution in [-0.4, -0.2) is 37.2 Å². The van der Waals surface area contributed by atoms with E-state index < -0.39 is 0 Å². The van der Waals surface area contributed by atoms with Crippen LogP contribution < -0.4 is 25.1 Å². The maximum atomic E-state index is 12.5. The maximum Gasteiger partial charge on any atom is 0.269 e. The van der Waals surface area contributed by atoms with Crippen molar-refractivity contribution in [3.8, 4) is 17.2 Å². The summed E-state index contributed by atoms with van der Waals surface area (Å²) < 4.78 is 15.8. The van der Waals surface area contributed by atoms with Gasteiger partial charge in [0.15, 0.2) is 17.3 Å². The number of fused-ring (bicyclic) bond motifs is 1. The monoisotopic (exact) mass is 354 g/mol. The molecule has 0 fully saturated rings. The van der Waals surface area contributed by atoms with Crippen LogP contribution >= 0.6 is 0 Å². The third kappa shape index (κ3) is 3.30. The highest BCUT2D eigenvalue weighted by atomic mass is 16.5. The Hall–Kier alpha value is -3.55. The molecular weight excluding hydrogens is 336 g/mol. The second-order valence-corrected chi connectivity index (χ2v) is 5.23. The van der Waals surface area contributed by atoms with Crippen LogP contribution in [0.3, 0.4) is 0 Å². The minimum atomic E-state index is -0.382. The molecule has 1 heterocycles. The molecule has 3 aromatic rings. The molecule has 0 spiro atoms. The Kier molecular flexibility index (Phi) is 5.02. The lowest BCUT2D eigenvalue weighted by Gasteiger charge is -2.14. The first-order valence-electron chi connectivity index (χ1n) is 7.74. The minimum absolute atomic E-state index is 0.338. The molecule has 0 aliphatic carbocycles. The molecule has 134 valence electrons. The summed E-state index contributed by atoms with van der Waals surface area (Å²) in [5.74, 6) is 1.32.